The van der Waals surface area contributed by atoms with E-state index in [-0.39, 0.29) is 6.04 Å². The van der Waals surface area contributed by atoms with Gasteiger partial charge in [-0.25, -0.2) is 9.97 Å². The lowest BCUT2D eigenvalue weighted by atomic mass is 10.2. The lowest BCUT2D eigenvalue weighted by Crippen LogP contribution is -2.35. The number of morpholine rings is 1. The van der Waals surface area contributed by atoms with Gasteiger partial charge in [0, 0.05) is 22.6 Å². The molecule has 1 saturated heterocycles. The lowest BCUT2D eigenvalue weighted by Gasteiger charge is -2.22. The highest BCUT2D eigenvalue weighted by molar-refractivity contribution is 9.10. The molecule has 0 spiro atoms. The van der Waals surface area contributed by atoms with Crippen molar-refractivity contribution in [3.05, 3.63) is 34.0 Å². The fraction of sp³-hybridized carbons (Fsp3) is 0.333. The molecule has 0 aliphatic carbocycles. The minimum Gasteiger partial charge on any atom is -0.378 e. The van der Waals surface area contributed by atoms with Crippen LogP contribution in [-0.4, -0.2) is 29.7 Å². The summed E-state index contributed by atoms with van der Waals surface area (Å²) in [6.07, 6.45) is 1.81. The van der Waals surface area contributed by atoms with Gasteiger partial charge in [0.05, 0.1) is 29.8 Å². The minimum absolute atomic E-state index is 0.0992. The van der Waals surface area contributed by atoms with Crippen LogP contribution in [-0.2, 0) is 4.74 Å². The normalized spacial score (nSPS) is 19.9. The molecular weight excluding hydrogens is 314 g/mol. The van der Waals surface area contributed by atoms with E-state index in [0.29, 0.717) is 6.61 Å². The van der Waals surface area contributed by atoms with Gasteiger partial charge in [-0.3, -0.25) is 0 Å². The van der Waals surface area contributed by atoms with Crippen molar-refractivity contribution in [2.75, 3.05) is 19.8 Å². The summed E-state index contributed by atoms with van der Waals surface area (Å²) >= 11 is 5.13. The first-order valence-corrected chi connectivity index (χ1v) is 7.39. The zero-order chi connectivity index (χ0) is 12.4. The summed E-state index contributed by atoms with van der Waals surface area (Å²) < 4.78 is 6.52. The van der Waals surface area contributed by atoms with Gasteiger partial charge >= 0.3 is 0 Å². The van der Waals surface area contributed by atoms with Crippen LogP contribution in [0.2, 0.25) is 0 Å². The van der Waals surface area contributed by atoms with Gasteiger partial charge < -0.3 is 10.1 Å². The van der Waals surface area contributed by atoms with E-state index in [9.17, 15) is 0 Å². The molecule has 0 saturated carbocycles. The lowest BCUT2D eigenvalue weighted by molar-refractivity contribution is 0.0742. The summed E-state index contributed by atoms with van der Waals surface area (Å²) in [5.41, 5.74) is 0.961. The third kappa shape index (κ3) is 2.61. The van der Waals surface area contributed by atoms with Gasteiger partial charge in [-0.15, -0.1) is 11.3 Å². The Morgan fingerprint density at radius 3 is 3.17 bits per heavy atom. The van der Waals surface area contributed by atoms with Crippen LogP contribution < -0.4 is 5.32 Å². The molecule has 1 aliphatic rings. The smallest absolute Gasteiger partial charge is 0.148 e. The number of ether oxygens (including phenoxy) is 1. The van der Waals surface area contributed by atoms with Gasteiger partial charge in [-0.1, -0.05) is 0 Å². The molecule has 0 bridgehead atoms. The number of aromatic nitrogens is 2. The highest BCUT2D eigenvalue weighted by atomic mass is 79.9. The number of hydrogen-bond donors (Lipinski definition) is 1. The first kappa shape index (κ1) is 12.2. The monoisotopic (exact) mass is 325 g/mol. The van der Waals surface area contributed by atoms with E-state index < -0.39 is 0 Å². The molecule has 94 valence electrons. The Hall–Kier alpha value is -0.820. The summed E-state index contributed by atoms with van der Waals surface area (Å²) in [6.45, 7) is 2.24. The van der Waals surface area contributed by atoms with E-state index in [4.69, 9.17) is 4.74 Å². The number of hydrogen-bond acceptors (Lipinski definition) is 5. The molecule has 18 heavy (non-hydrogen) atoms. The van der Waals surface area contributed by atoms with Crippen LogP contribution >= 0.6 is 27.3 Å². The van der Waals surface area contributed by atoms with Crippen molar-refractivity contribution in [3.8, 4) is 10.6 Å². The van der Waals surface area contributed by atoms with Crippen molar-refractivity contribution in [1.29, 1.82) is 0 Å². The highest BCUT2D eigenvalue weighted by Gasteiger charge is 2.18. The first-order chi connectivity index (χ1) is 8.83. The predicted octanol–water partition coefficient (Wildman–Crippen LogP) is 2.63. The number of rotatable bonds is 2. The van der Waals surface area contributed by atoms with Crippen LogP contribution in [0.3, 0.4) is 0 Å². The second-order valence-electron chi connectivity index (χ2n) is 4.01. The molecule has 1 fully saturated rings. The Bertz CT molecular complexity index is 540. The second kappa shape index (κ2) is 5.44. The van der Waals surface area contributed by atoms with Crippen LogP contribution in [0.5, 0.6) is 0 Å². The second-order valence-corrected chi connectivity index (χ2v) is 5.84. The first-order valence-electron chi connectivity index (χ1n) is 5.71. The fourth-order valence-corrected chi connectivity index (χ4v) is 3.26. The van der Waals surface area contributed by atoms with E-state index >= 15 is 0 Å². The molecule has 0 aromatic carbocycles. The molecule has 1 aliphatic heterocycles. The van der Waals surface area contributed by atoms with Gasteiger partial charge in [-0.05, 0) is 28.1 Å². The number of nitrogens with one attached hydrogen (secondary N) is 1. The largest absolute Gasteiger partial charge is 0.378 e. The van der Waals surface area contributed by atoms with Gasteiger partial charge in [0.15, 0.2) is 0 Å². The topological polar surface area (TPSA) is 47.0 Å². The molecule has 3 heterocycles. The quantitative estimate of drug-likeness (QED) is 0.922. The van der Waals surface area contributed by atoms with E-state index in [1.54, 1.807) is 11.3 Å². The van der Waals surface area contributed by atoms with Crippen LogP contribution in [0.15, 0.2) is 28.2 Å². The van der Waals surface area contributed by atoms with Crippen LogP contribution in [0.25, 0.3) is 10.6 Å². The standard InChI is InChI=1S/C12H12BrN3OS/c13-8-5-11(18-7-8)9-1-2-15-12(16-9)10-6-17-4-3-14-10/h1-2,5,7,10,14H,3-4,6H2. The molecule has 2 aromatic heterocycles. The minimum atomic E-state index is 0.0992. The molecule has 1 unspecified atom stereocenters. The van der Waals surface area contributed by atoms with Crippen molar-refractivity contribution in [1.82, 2.24) is 15.3 Å². The van der Waals surface area contributed by atoms with Crippen molar-refractivity contribution in [2.24, 2.45) is 0 Å². The Morgan fingerprint density at radius 2 is 2.44 bits per heavy atom. The Morgan fingerprint density at radius 1 is 1.50 bits per heavy atom. The zero-order valence-corrected chi connectivity index (χ0v) is 12.0. The summed E-state index contributed by atoms with van der Waals surface area (Å²) in [6, 6.07) is 4.11. The van der Waals surface area contributed by atoms with Gasteiger partial charge in [0.25, 0.3) is 0 Å². The molecular formula is C12H12BrN3OS. The summed E-state index contributed by atoms with van der Waals surface area (Å²) in [7, 11) is 0. The highest BCUT2D eigenvalue weighted by Crippen LogP contribution is 2.28. The molecule has 1 atom stereocenters. The van der Waals surface area contributed by atoms with E-state index in [1.165, 1.54) is 0 Å². The third-order valence-corrected chi connectivity index (χ3v) is 4.44. The summed E-state index contributed by atoms with van der Waals surface area (Å²) in [5.74, 6) is 0.803. The SMILES string of the molecule is Brc1csc(-c2ccnc(C3COCCN3)n2)c1. The maximum atomic E-state index is 5.44. The maximum absolute atomic E-state index is 5.44. The summed E-state index contributed by atoms with van der Waals surface area (Å²) in [5, 5.41) is 5.42. The van der Waals surface area contributed by atoms with Gasteiger partial charge in [0.1, 0.15) is 5.82 Å². The predicted molar refractivity (Wildman–Crippen MR) is 74.6 cm³/mol. The average molecular weight is 326 g/mol. The van der Waals surface area contributed by atoms with Gasteiger partial charge in [-0.2, -0.15) is 0 Å². The molecule has 3 rings (SSSR count). The molecule has 4 nitrogen and oxygen atoms in total. The number of nitrogens with zero attached hydrogens (tertiary/aromatic N) is 2. The Labute approximate surface area is 118 Å². The van der Waals surface area contributed by atoms with Crippen LogP contribution in [0.4, 0.5) is 0 Å². The van der Waals surface area contributed by atoms with Crippen molar-refractivity contribution in [3.63, 3.8) is 0 Å². The third-order valence-electron chi connectivity index (χ3n) is 2.73. The zero-order valence-electron chi connectivity index (χ0n) is 9.60. The van der Waals surface area contributed by atoms with Crippen molar-refractivity contribution >= 4 is 27.3 Å². The number of thiophene rings is 1. The molecule has 2 aromatic rings. The Balaban J connectivity index is 1.88. The van der Waals surface area contributed by atoms with E-state index in [0.717, 1.165) is 34.0 Å². The van der Waals surface area contributed by atoms with Gasteiger partial charge in [0.2, 0.25) is 0 Å². The summed E-state index contributed by atoms with van der Waals surface area (Å²) in [4.78, 5) is 10.1. The molecule has 1 N–H and O–H groups in total. The van der Waals surface area contributed by atoms with E-state index in [2.05, 4.69) is 42.7 Å². The van der Waals surface area contributed by atoms with Crippen molar-refractivity contribution in [2.45, 2.75) is 6.04 Å². The Kier molecular flexibility index (Phi) is 3.69. The van der Waals surface area contributed by atoms with Crippen LogP contribution in [0.1, 0.15) is 11.9 Å². The number of halogens is 1. The fourth-order valence-electron chi connectivity index (χ4n) is 1.86. The van der Waals surface area contributed by atoms with Crippen LogP contribution in [0, 0.1) is 0 Å². The van der Waals surface area contributed by atoms with E-state index in [1.807, 2.05) is 12.3 Å². The maximum Gasteiger partial charge on any atom is 0.148 e. The average Bonchev–Trinajstić information content (AvgIpc) is 2.87. The molecule has 0 radical (unpaired) electrons. The molecule has 6 heteroatoms. The molecule has 0 amide bonds. The van der Waals surface area contributed by atoms with Crippen molar-refractivity contribution < 1.29 is 4.74 Å².